The predicted octanol–water partition coefficient (Wildman–Crippen LogP) is 1.99. The van der Waals surface area contributed by atoms with Crippen LogP contribution in [0.4, 0.5) is 0 Å². The van der Waals surface area contributed by atoms with Crippen LogP contribution in [0, 0.1) is 5.92 Å². The Bertz CT molecular complexity index is 370. The van der Waals surface area contributed by atoms with Gasteiger partial charge in [0, 0.05) is 18.4 Å². The van der Waals surface area contributed by atoms with E-state index in [0.29, 0.717) is 30.1 Å². The molecule has 2 atom stereocenters. The van der Waals surface area contributed by atoms with Gasteiger partial charge >= 0.3 is 0 Å². The molecule has 4 nitrogen and oxygen atoms in total. The molecule has 1 saturated carbocycles. The van der Waals surface area contributed by atoms with E-state index in [1.54, 1.807) is 4.31 Å². The Balaban J connectivity index is 1.90. The first-order valence-electron chi connectivity index (χ1n) is 6.70. The fourth-order valence-electron chi connectivity index (χ4n) is 2.54. The SMILES string of the molecule is CC1CN(S(=O)(=O)CCC2CCC2)CC(CBr)O1. The largest absolute Gasteiger partial charge is 0.372 e. The first kappa shape index (κ1) is 14.8. The highest BCUT2D eigenvalue weighted by atomic mass is 79.9. The fourth-order valence-corrected chi connectivity index (χ4v) is 4.62. The topological polar surface area (TPSA) is 46.6 Å². The summed E-state index contributed by atoms with van der Waals surface area (Å²) in [4.78, 5) is 0. The Hall–Kier alpha value is 0.350. The highest BCUT2D eigenvalue weighted by molar-refractivity contribution is 9.09. The maximum atomic E-state index is 12.3. The third-order valence-corrected chi connectivity index (χ3v) is 6.43. The zero-order valence-corrected chi connectivity index (χ0v) is 13.2. The van der Waals surface area contributed by atoms with Gasteiger partial charge in [0.15, 0.2) is 0 Å². The third kappa shape index (κ3) is 3.68. The van der Waals surface area contributed by atoms with Gasteiger partial charge < -0.3 is 4.74 Å². The van der Waals surface area contributed by atoms with Gasteiger partial charge in [-0.2, -0.15) is 4.31 Å². The molecule has 0 spiro atoms. The van der Waals surface area contributed by atoms with Crippen LogP contribution in [0.3, 0.4) is 0 Å². The molecule has 6 heteroatoms. The van der Waals surface area contributed by atoms with E-state index in [-0.39, 0.29) is 12.2 Å². The molecule has 0 aromatic heterocycles. The predicted molar refractivity (Wildman–Crippen MR) is 75.4 cm³/mol. The van der Waals surface area contributed by atoms with Crippen LogP contribution >= 0.6 is 15.9 Å². The number of halogens is 1. The Morgan fingerprint density at radius 3 is 2.61 bits per heavy atom. The lowest BCUT2D eigenvalue weighted by atomic mass is 9.84. The smallest absolute Gasteiger partial charge is 0.214 e. The fraction of sp³-hybridized carbons (Fsp3) is 1.00. The van der Waals surface area contributed by atoms with Crippen molar-refractivity contribution in [2.45, 2.75) is 44.8 Å². The lowest BCUT2D eigenvalue weighted by Crippen LogP contribution is -2.50. The molecule has 0 N–H and O–H groups in total. The quantitative estimate of drug-likeness (QED) is 0.719. The van der Waals surface area contributed by atoms with Crippen molar-refractivity contribution in [2.75, 3.05) is 24.2 Å². The summed E-state index contributed by atoms with van der Waals surface area (Å²) in [5.41, 5.74) is 0. The van der Waals surface area contributed by atoms with Crippen LogP contribution in [0.2, 0.25) is 0 Å². The van der Waals surface area contributed by atoms with Crippen molar-refractivity contribution >= 4 is 26.0 Å². The van der Waals surface area contributed by atoms with E-state index in [2.05, 4.69) is 15.9 Å². The minimum absolute atomic E-state index is 0.0141. The van der Waals surface area contributed by atoms with E-state index < -0.39 is 10.0 Å². The molecular formula is C12H22BrNO3S. The summed E-state index contributed by atoms with van der Waals surface area (Å²) < 4.78 is 31.9. The molecule has 2 aliphatic rings. The molecule has 18 heavy (non-hydrogen) atoms. The zero-order chi connectivity index (χ0) is 13.2. The van der Waals surface area contributed by atoms with Crippen LogP contribution in [0.1, 0.15) is 32.6 Å². The number of hydrogen-bond acceptors (Lipinski definition) is 3. The minimum Gasteiger partial charge on any atom is -0.372 e. The monoisotopic (exact) mass is 339 g/mol. The van der Waals surface area contributed by atoms with E-state index in [4.69, 9.17) is 4.74 Å². The molecule has 0 amide bonds. The summed E-state index contributed by atoms with van der Waals surface area (Å²) in [6.45, 7) is 2.92. The molecule has 1 aliphatic heterocycles. The molecule has 2 rings (SSSR count). The molecular weight excluding hydrogens is 318 g/mol. The molecule has 0 radical (unpaired) electrons. The van der Waals surface area contributed by atoms with E-state index in [1.165, 1.54) is 19.3 Å². The normalized spacial score (nSPS) is 31.2. The van der Waals surface area contributed by atoms with Crippen molar-refractivity contribution in [1.82, 2.24) is 4.31 Å². The number of ether oxygens (including phenoxy) is 1. The van der Waals surface area contributed by atoms with Gasteiger partial charge in [-0.1, -0.05) is 35.2 Å². The zero-order valence-electron chi connectivity index (χ0n) is 10.8. The molecule has 1 aliphatic carbocycles. The molecule has 1 saturated heterocycles. The van der Waals surface area contributed by atoms with Crippen LogP contribution in [0.25, 0.3) is 0 Å². The van der Waals surface area contributed by atoms with Crippen molar-refractivity contribution in [3.05, 3.63) is 0 Å². The molecule has 0 bridgehead atoms. The van der Waals surface area contributed by atoms with Gasteiger partial charge in [-0.05, 0) is 19.3 Å². The number of morpholine rings is 1. The number of nitrogens with zero attached hydrogens (tertiary/aromatic N) is 1. The van der Waals surface area contributed by atoms with E-state index in [0.717, 1.165) is 6.42 Å². The van der Waals surface area contributed by atoms with Crippen molar-refractivity contribution in [3.8, 4) is 0 Å². The van der Waals surface area contributed by atoms with Gasteiger partial charge in [0.25, 0.3) is 0 Å². The van der Waals surface area contributed by atoms with Crippen molar-refractivity contribution in [2.24, 2.45) is 5.92 Å². The summed E-state index contributed by atoms with van der Waals surface area (Å²) >= 11 is 3.37. The van der Waals surface area contributed by atoms with Crippen LogP contribution in [-0.2, 0) is 14.8 Å². The van der Waals surface area contributed by atoms with Crippen LogP contribution in [-0.4, -0.2) is 49.1 Å². The van der Waals surface area contributed by atoms with Gasteiger partial charge in [0.1, 0.15) is 0 Å². The lowest BCUT2D eigenvalue weighted by Gasteiger charge is -2.36. The number of rotatable bonds is 5. The van der Waals surface area contributed by atoms with Crippen molar-refractivity contribution in [3.63, 3.8) is 0 Å². The van der Waals surface area contributed by atoms with Gasteiger partial charge in [0.2, 0.25) is 10.0 Å². The van der Waals surface area contributed by atoms with Crippen LogP contribution in [0.5, 0.6) is 0 Å². The Kier molecular flexibility index (Phi) is 5.08. The Morgan fingerprint density at radius 1 is 1.33 bits per heavy atom. The van der Waals surface area contributed by atoms with Crippen molar-refractivity contribution < 1.29 is 13.2 Å². The average Bonchev–Trinajstić information content (AvgIpc) is 2.26. The first-order chi connectivity index (χ1) is 8.51. The van der Waals surface area contributed by atoms with E-state index >= 15 is 0 Å². The van der Waals surface area contributed by atoms with Crippen LogP contribution in [0.15, 0.2) is 0 Å². The van der Waals surface area contributed by atoms with Crippen LogP contribution < -0.4 is 0 Å². The maximum absolute atomic E-state index is 12.3. The summed E-state index contributed by atoms with van der Waals surface area (Å²) in [6.07, 6.45) is 4.47. The second kappa shape index (κ2) is 6.20. The molecule has 2 fully saturated rings. The second-order valence-electron chi connectivity index (χ2n) is 5.44. The molecule has 106 valence electrons. The number of alkyl halides is 1. The second-order valence-corrected chi connectivity index (χ2v) is 8.18. The Labute approximate surface area is 118 Å². The molecule has 0 aromatic rings. The highest BCUT2D eigenvalue weighted by Crippen LogP contribution is 2.30. The number of sulfonamides is 1. The van der Waals surface area contributed by atoms with Crippen molar-refractivity contribution in [1.29, 1.82) is 0 Å². The summed E-state index contributed by atoms with van der Waals surface area (Å²) in [6, 6.07) is 0. The average molecular weight is 340 g/mol. The maximum Gasteiger partial charge on any atom is 0.214 e. The Morgan fingerprint density at radius 2 is 2.06 bits per heavy atom. The van der Waals surface area contributed by atoms with E-state index in [9.17, 15) is 8.42 Å². The minimum atomic E-state index is -3.10. The molecule has 1 heterocycles. The highest BCUT2D eigenvalue weighted by Gasteiger charge is 2.33. The first-order valence-corrected chi connectivity index (χ1v) is 9.43. The molecule has 0 aromatic carbocycles. The van der Waals surface area contributed by atoms with Gasteiger partial charge in [-0.3, -0.25) is 0 Å². The number of hydrogen-bond donors (Lipinski definition) is 0. The van der Waals surface area contributed by atoms with Gasteiger partial charge in [-0.15, -0.1) is 0 Å². The summed E-state index contributed by atoms with van der Waals surface area (Å²) in [7, 11) is -3.10. The summed E-state index contributed by atoms with van der Waals surface area (Å²) in [5.74, 6) is 0.949. The van der Waals surface area contributed by atoms with Gasteiger partial charge in [-0.25, -0.2) is 8.42 Å². The third-order valence-electron chi connectivity index (χ3n) is 3.87. The van der Waals surface area contributed by atoms with Gasteiger partial charge in [0.05, 0.1) is 18.0 Å². The molecule has 2 unspecified atom stereocenters. The lowest BCUT2D eigenvalue weighted by molar-refractivity contribution is -0.0411. The summed E-state index contributed by atoms with van der Waals surface area (Å²) in [5, 5.41) is 0.686. The van der Waals surface area contributed by atoms with E-state index in [1.807, 2.05) is 6.92 Å². The standard InChI is InChI=1S/C12H22BrNO3S/c1-10-8-14(9-12(7-13)17-10)18(15,16)6-5-11-3-2-4-11/h10-12H,2-9H2,1H3.